The number of carbonyl (C=O) groups excluding carboxylic acids is 1. The van der Waals surface area contributed by atoms with Crippen molar-refractivity contribution in [3.8, 4) is 17.3 Å². The molecule has 3 aromatic rings. The molecule has 132 valence electrons. The Bertz CT molecular complexity index is 908. The van der Waals surface area contributed by atoms with E-state index in [0.717, 1.165) is 0 Å². The molecule has 2 aromatic heterocycles. The van der Waals surface area contributed by atoms with Gasteiger partial charge in [-0.2, -0.15) is 4.98 Å². The summed E-state index contributed by atoms with van der Waals surface area (Å²) in [7, 11) is 1.56. The second kappa shape index (κ2) is 6.79. The number of ether oxygens (including phenoxy) is 1. The Balaban J connectivity index is 1.37. The zero-order valence-corrected chi connectivity index (χ0v) is 14.0. The first-order valence-electron chi connectivity index (χ1n) is 8.03. The summed E-state index contributed by atoms with van der Waals surface area (Å²) in [6, 6.07) is 7.07. The maximum Gasteiger partial charge on any atom is 0.321 e. The predicted molar refractivity (Wildman–Crippen MR) is 91.7 cm³/mol. The molecule has 1 N–H and O–H groups in total. The van der Waals surface area contributed by atoms with Crippen LogP contribution in [0.2, 0.25) is 0 Å². The van der Waals surface area contributed by atoms with Crippen LogP contribution in [0.5, 0.6) is 5.75 Å². The predicted octanol–water partition coefficient (Wildman–Crippen LogP) is 2.17. The number of nitrogens with zero attached hydrogens (tertiary/aromatic N) is 5. The number of carbonyl (C=O) groups is 1. The van der Waals surface area contributed by atoms with Gasteiger partial charge in [0.25, 0.3) is 0 Å². The lowest BCUT2D eigenvalue weighted by Crippen LogP contribution is -2.50. The number of anilines is 1. The van der Waals surface area contributed by atoms with Gasteiger partial charge < -0.3 is 19.5 Å². The van der Waals surface area contributed by atoms with Gasteiger partial charge >= 0.3 is 6.03 Å². The molecule has 1 saturated heterocycles. The van der Waals surface area contributed by atoms with Gasteiger partial charge in [-0.25, -0.2) is 9.78 Å². The van der Waals surface area contributed by atoms with Gasteiger partial charge in [0.15, 0.2) is 0 Å². The van der Waals surface area contributed by atoms with Gasteiger partial charge in [0.2, 0.25) is 11.7 Å². The molecule has 2 amide bonds. The van der Waals surface area contributed by atoms with Crippen molar-refractivity contribution in [2.24, 2.45) is 0 Å². The SMILES string of the molecule is COc1ccccc1NC(=O)N1CC(c2nc(-c3cnccn3)no2)C1. The number of benzene rings is 1. The van der Waals surface area contributed by atoms with Crippen molar-refractivity contribution in [2.45, 2.75) is 5.92 Å². The fourth-order valence-electron chi connectivity index (χ4n) is 2.66. The second-order valence-electron chi connectivity index (χ2n) is 5.78. The summed E-state index contributed by atoms with van der Waals surface area (Å²) in [5, 5.41) is 6.77. The number of rotatable bonds is 4. The van der Waals surface area contributed by atoms with E-state index in [1.807, 2.05) is 12.1 Å². The number of para-hydroxylation sites is 2. The average Bonchev–Trinajstić information content (AvgIpc) is 3.11. The van der Waals surface area contributed by atoms with E-state index in [2.05, 4.69) is 25.4 Å². The summed E-state index contributed by atoms with van der Waals surface area (Å²) in [6.45, 7) is 1.01. The van der Waals surface area contributed by atoms with E-state index in [-0.39, 0.29) is 11.9 Å². The molecule has 9 nitrogen and oxygen atoms in total. The molecule has 1 fully saturated rings. The molecule has 1 aliphatic heterocycles. The molecule has 0 bridgehead atoms. The van der Waals surface area contributed by atoms with Crippen molar-refractivity contribution in [2.75, 3.05) is 25.5 Å². The Hall–Kier alpha value is -3.49. The third kappa shape index (κ3) is 3.06. The highest BCUT2D eigenvalue weighted by Crippen LogP contribution is 2.29. The number of hydrogen-bond donors (Lipinski definition) is 1. The number of urea groups is 1. The van der Waals surface area contributed by atoms with E-state index in [4.69, 9.17) is 9.26 Å². The van der Waals surface area contributed by atoms with Gasteiger partial charge in [0.1, 0.15) is 11.4 Å². The first-order valence-corrected chi connectivity index (χ1v) is 8.03. The molecular formula is C17H16N6O3. The monoisotopic (exact) mass is 352 g/mol. The highest BCUT2D eigenvalue weighted by Gasteiger charge is 2.36. The van der Waals surface area contributed by atoms with Crippen LogP contribution in [-0.2, 0) is 0 Å². The van der Waals surface area contributed by atoms with Crippen LogP contribution in [0, 0.1) is 0 Å². The van der Waals surface area contributed by atoms with Crippen LogP contribution >= 0.6 is 0 Å². The Morgan fingerprint density at radius 3 is 2.92 bits per heavy atom. The minimum absolute atomic E-state index is 0.0105. The molecule has 3 heterocycles. The highest BCUT2D eigenvalue weighted by atomic mass is 16.5. The quantitative estimate of drug-likeness (QED) is 0.767. The van der Waals surface area contributed by atoms with Crippen molar-refractivity contribution in [3.63, 3.8) is 0 Å². The summed E-state index contributed by atoms with van der Waals surface area (Å²) in [4.78, 5) is 26.5. The van der Waals surface area contributed by atoms with Gasteiger partial charge in [-0.15, -0.1) is 0 Å². The van der Waals surface area contributed by atoms with Crippen LogP contribution in [0.4, 0.5) is 10.5 Å². The molecule has 1 aromatic carbocycles. The summed E-state index contributed by atoms with van der Waals surface area (Å²) >= 11 is 0. The van der Waals surface area contributed by atoms with Crippen LogP contribution in [0.1, 0.15) is 11.8 Å². The van der Waals surface area contributed by atoms with Crippen molar-refractivity contribution >= 4 is 11.7 Å². The number of methoxy groups -OCH3 is 1. The van der Waals surface area contributed by atoms with E-state index in [0.29, 0.717) is 41.9 Å². The topological polar surface area (TPSA) is 106 Å². The zero-order chi connectivity index (χ0) is 17.9. The van der Waals surface area contributed by atoms with Gasteiger partial charge in [0.05, 0.1) is 24.9 Å². The number of hydrogen-bond acceptors (Lipinski definition) is 7. The van der Waals surface area contributed by atoms with Gasteiger partial charge in [-0.05, 0) is 12.1 Å². The van der Waals surface area contributed by atoms with Crippen LogP contribution in [0.15, 0.2) is 47.4 Å². The number of aromatic nitrogens is 4. The van der Waals surface area contributed by atoms with Crippen molar-refractivity contribution in [1.82, 2.24) is 25.0 Å². The van der Waals surface area contributed by atoms with Gasteiger partial charge in [0, 0.05) is 25.5 Å². The molecule has 0 spiro atoms. The standard InChI is InChI=1S/C17H16N6O3/c1-25-14-5-3-2-4-12(14)20-17(24)23-9-11(10-23)16-21-15(22-26-16)13-8-18-6-7-19-13/h2-8,11H,9-10H2,1H3,(H,20,24). The van der Waals surface area contributed by atoms with E-state index >= 15 is 0 Å². The Kier molecular flexibility index (Phi) is 4.18. The maximum atomic E-state index is 12.3. The molecule has 0 saturated carbocycles. The molecule has 0 unspecified atom stereocenters. The zero-order valence-electron chi connectivity index (χ0n) is 14.0. The largest absolute Gasteiger partial charge is 0.495 e. The molecule has 26 heavy (non-hydrogen) atoms. The average molecular weight is 352 g/mol. The fraction of sp³-hybridized carbons (Fsp3) is 0.235. The van der Waals surface area contributed by atoms with Gasteiger partial charge in [-0.1, -0.05) is 17.3 Å². The lowest BCUT2D eigenvalue weighted by Gasteiger charge is -2.36. The van der Waals surface area contributed by atoms with Crippen LogP contribution in [0.3, 0.4) is 0 Å². The second-order valence-corrected chi connectivity index (χ2v) is 5.78. The Labute approximate surface area is 149 Å². The molecule has 0 atom stereocenters. The van der Waals surface area contributed by atoms with Crippen molar-refractivity contribution in [1.29, 1.82) is 0 Å². The number of likely N-dealkylation sites (tertiary alicyclic amines) is 1. The molecule has 4 rings (SSSR count). The third-order valence-corrected chi connectivity index (χ3v) is 4.10. The lowest BCUT2D eigenvalue weighted by molar-refractivity contribution is 0.147. The lowest BCUT2D eigenvalue weighted by atomic mass is 10.0. The van der Waals surface area contributed by atoms with E-state index < -0.39 is 0 Å². The van der Waals surface area contributed by atoms with Crippen LogP contribution in [-0.4, -0.2) is 51.2 Å². The van der Waals surface area contributed by atoms with Crippen LogP contribution < -0.4 is 10.1 Å². The first kappa shape index (κ1) is 16.0. The molecule has 1 aliphatic rings. The maximum absolute atomic E-state index is 12.3. The summed E-state index contributed by atoms with van der Waals surface area (Å²) in [5.41, 5.74) is 1.18. The Morgan fingerprint density at radius 1 is 1.31 bits per heavy atom. The summed E-state index contributed by atoms with van der Waals surface area (Å²) < 4.78 is 10.5. The Morgan fingerprint density at radius 2 is 2.15 bits per heavy atom. The van der Waals surface area contributed by atoms with E-state index in [1.54, 1.807) is 42.7 Å². The fourth-order valence-corrected chi connectivity index (χ4v) is 2.66. The summed E-state index contributed by atoms with van der Waals surface area (Å²) in [6.07, 6.45) is 4.72. The first-order chi connectivity index (χ1) is 12.7. The van der Waals surface area contributed by atoms with Crippen molar-refractivity contribution in [3.05, 3.63) is 48.7 Å². The molecule has 9 heteroatoms. The van der Waals surface area contributed by atoms with Crippen molar-refractivity contribution < 1.29 is 14.1 Å². The highest BCUT2D eigenvalue weighted by molar-refractivity contribution is 5.91. The smallest absolute Gasteiger partial charge is 0.321 e. The molecule has 0 radical (unpaired) electrons. The van der Waals surface area contributed by atoms with E-state index in [1.165, 1.54) is 0 Å². The molecule has 0 aliphatic carbocycles. The van der Waals surface area contributed by atoms with E-state index in [9.17, 15) is 4.79 Å². The normalized spacial score (nSPS) is 14.0. The summed E-state index contributed by atoms with van der Waals surface area (Å²) in [5.74, 6) is 1.51. The number of nitrogens with one attached hydrogen (secondary N) is 1. The third-order valence-electron chi connectivity index (χ3n) is 4.10. The minimum atomic E-state index is -0.195. The van der Waals surface area contributed by atoms with Crippen LogP contribution in [0.25, 0.3) is 11.5 Å². The molecular weight excluding hydrogens is 336 g/mol. The van der Waals surface area contributed by atoms with Gasteiger partial charge in [-0.3, -0.25) is 4.98 Å². The minimum Gasteiger partial charge on any atom is -0.495 e. The number of amides is 2.